The Balaban J connectivity index is 1.14. The molecule has 6 nitrogen and oxygen atoms in total. The second kappa shape index (κ2) is 7.31. The van der Waals surface area contributed by atoms with Crippen molar-refractivity contribution in [3.63, 3.8) is 0 Å². The van der Waals surface area contributed by atoms with E-state index in [0.29, 0.717) is 21.8 Å². The lowest BCUT2D eigenvalue weighted by Crippen LogP contribution is -2.40. The number of H-pyrrole nitrogens is 1. The Bertz CT molecular complexity index is 1400. The van der Waals surface area contributed by atoms with Gasteiger partial charge in [-0.15, -0.1) is 11.3 Å². The van der Waals surface area contributed by atoms with Gasteiger partial charge < -0.3 is 9.32 Å². The third-order valence-electron chi connectivity index (χ3n) is 6.93. The van der Waals surface area contributed by atoms with Crippen molar-refractivity contribution in [2.24, 2.45) is 11.3 Å². The Kier molecular flexibility index (Phi) is 4.59. The normalized spacial score (nSPS) is 23.1. The van der Waals surface area contributed by atoms with Crippen molar-refractivity contribution < 1.29 is 17.6 Å². The molecule has 10 heteroatoms. The number of aromatic amines is 1. The molecule has 1 aliphatic heterocycles. The Morgan fingerprint density at radius 2 is 2.09 bits per heavy atom. The number of hydrogen-bond donors (Lipinski definition) is 1. The second-order valence-electron chi connectivity index (χ2n) is 9.42. The zero-order chi connectivity index (χ0) is 22.8. The lowest BCUT2D eigenvalue weighted by molar-refractivity contribution is -0.126. The number of halogens is 3. The summed E-state index contributed by atoms with van der Waals surface area (Å²) in [6, 6.07) is 7.46. The molecule has 6 rings (SSSR count). The number of thiophene rings is 1. The quantitative estimate of drug-likeness (QED) is 0.447. The van der Waals surface area contributed by atoms with E-state index in [4.69, 9.17) is 4.42 Å². The van der Waals surface area contributed by atoms with Crippen LogP contribution in [0.2, 0.25) is 0 Å². The van der Waals surface area contributed by atoms with Crippen LogP contribution < -0.4 is 10.7 Å². The highest BCUT2D eigenvalue weighted by Crippen LogP contribution is 2.53. The van der Waals surface area contributed by atoms with E-state index in [1.54, 1.807) is 6.07 Å². The summed E-state index contributed by atoms with van der Waals surface area (Å²) in [5.41, 5.74) is 2.69. The molecule has 0 amide bonds. The number of hydrogen-bond acceptors (Lipinski definition) is 6. The minimum absolute atomic E-state index is 0.234. The third kappa shape index (κ3) is 3.90. The predicted octanol–water partition coefficient (Wildman–Crippen LogP) is 5.08. The van der Waals surface area contributed by atoms with E-state index in [1.165, 1.54) is 6.33 Å². The summed E-state index contributed by atoms with van der Waals surface area (Å²) in [5.74, 6) is 0.877. The molecule has 0 atom stereocenters. The number of rotatable bonds is 4. The number of anilines is 1. The fourth-order valence-corrected chi connectivity index (χ4v) is 6.66. The minimum Gasteiger partial charge on any atom is -0.408 e. The molecule has 0 radical (unpaired) electrons. The molecule has 0 unspecified atom stereocenters. The Morgan fingerprint density at radius 1 is 1.24 bits per heavy atom. The van der Waals surface area contributed by atoms with E-state index < -0.39 is 18.4 Å². The number of benzene rings is 1. The van der Waals surface area contributed by atoms with Crippen molar-refractivity contribution in [2.45, 2.75) is 38.3 Å². The summed E-state index contributed by atoms with van der Waals surface area (Å²) in [7, 11) is 0. The molecule has 1 aliphatic carbocycles. The monoisotopic (exact) mass is 474 g/mol. The van der Waals surface area contributed by atoms with Crippen molar-refractivity contribution in [3.05, 3.63) is 51.6 Å². The Hall–Kier alpha value is -2.88. The molecule has 172 valence electrons. The number of aromatic nitrogens is 3. The summed E-state index contributed by atoms with van der Waals surface area (Å²) < 4.78 is 43.7. The van der Waals surface area contributed by atoms with Gasteiger partial charge in [0.25, 0.3) is 0 Å². The maximum Gasteiger partial charge on any atom is 0.417 e. The molecule has 3 aromatic heterocycles. The molecular formula is C23H21F3N4O2S. The summed E-state index contributed by atoms with van der Waals surface area (Å²) in [4.78, 5) is 25.8. The molecule has 33 heavy (non-hydrogen) atoms. The van der Waals surface area contributed by atoms with Gasteiger partial charge in [0.1, 0.15) is 17.0 Å². The van der Waals surface area contributed by atoms with Crippen LogP contribution in [0.25, 0.3) is 21.3 Å². The van der Waals surface area contributed by atoms with Crippen molar-refractivity contribution in [2.75, 3.05) is 18.0 Å². The standard InChI is InChI=1S/C23H21F3N4O2S/c24-23(25,26)10-15-7-16-19(27-12-28-20(16)33-15)30-4-3-22(11-30)8-14(9-22)5-13-1-2-17-18(6-13)32-21(31)29-17/h1-2,6-7,12,14H,3-5,8-11H2,(H,29,31). The SMILES string of the molecule is O=c1[nH]c2ccc(CC3CC4(CCN(c5ncnc6sc(CC(F)(F)F)cc56)C4)C3)cc2o1. The first kappa shape index (κ1) is 20.7. The van der Waals surface area contributed by atoms with Crippen LogP contribution in [-0.2, 0) is 12.8 Å². The maximum atomic E-state index is 12.8. The van der Waals surface area contributed by atoms with Crippen LogP contribution in [0, 0.1) is 11.3 Å². The summed E-state index contributed by atoms with van der Waals surface area (Å²) in [6.45, 7) is 1.72. The van der Waals surface area contributed by atoms with Gasteiger partial charge >= 0.3 is 11.9 Å². The van der Waals surface area contributed by atoms with Gasteiger partial charge in [0.05, 0.1) is 17.3 Å². The first-order valence-corrected chi connectivity index (χ1v) is 11.7. The fourth-order valence-electron chi connectivity index (χ4n) is 5.64. The van der Waals surface area contributed by atoms with E-state index >= 15 is 0 Å². The highest BCUT2D eigenvalue weighted by atomic mass is 32.1. The lowest BCUT2D eigenvalue weighted by atomic mass is 9.60. The van der Waals surface area contributed by atoms with Crippen molar-refractivity contribution >= 4 is 38.5 Å². The van der Waals surface area contributed by atoms with E-state index in [-0.39, 0.29) is 10.3 Å². The van der Waals surface area contributed by atoms with Crippen molar-refractivity contribution in [3.8, 4) is 0 Å². The van der Waals surface area contributed by atoms with Gasteiger partial charge in [-0.3, -0.25) is 4.98 Å². The molecular weight excluding hydrogens is 453 g/mol. The number of fused-ring (bicyclic) bond motifs is 2. The second-order valence-corrected chi connectivity index (χ2v) is 10.5. The highest BCUT2D eigenvalue weighted by Gasteiger charge is 2.48. The zero-order valence-electron chi connectivity index (χ0n) is 17.6. The van der Waals surface area contributed by atoms with E-state index in [0.717, 1.165) is 66.9 Å². The average Bonchev–Trinajstić information content (AvgIpc) is 3.41. The summed E-state index contributed by atoms with van der Waals surface area (Å²) >= 11 is 1.09. The van der Waals surface area contributed by atoms with Crippen molar-refractivity contribution in [1.82, 2.24) is 15.0 Å². The van der Waals surface area contributed by atoms with Gasteiger partial charge in [0, 0.05) is 18.0 Å². The molecule has 0 bridgehead atoms. The number of alkyl halides is 3. The Labute approximate surface area is 190 Å². The number of nitrogens with zero attached hydrogens (tertiary/aromatic N) is 3. The maximum absolute atomic E-state index is 12.8. The fraction of sp³-hybridized carbons (Fsp3) is 0.435. The van der Waals surface area contributed by atoms with Crippen LogP contribution in [-0.4, -0.2) is 34.2 Å². The molecule has 4 aromatic rings. The molecule has 2 aliphatic rings. The van der Waals surface area contributed by atoms with Crippen LogP contribution >= 0.6 is 11.3 Å². The van der Waals surface area contributed by atoms with Crippen LogP contribution in [0.5, 0.6) is 0 Å². The van der Waals surface area contributed by atoms with Crippen LogP contribution in [0.4, 0.5) is 19.0 Å². The minimum atomic E-state index is -4.23. The Morgan fingerprint density at radius 3 is 2.91 bits per heavy atom. The van der Waals surface area contributed by atoms with Crippen LogP contribution in [0.1, 0.15) is 29.7 Å². The molecule has 1 N–H and O–H groups in total. The topological polar surface area (TPSA) is 75.0 Å². The van der Waals surface area contributed by atoms with E-state index in [9.17, 15) is 18.0 Å². The van der Waals surface area contributed by atoms with Crippen molar-refractivity contribution in [1.29, 1.82) is 0 Å². The zero-order valence-corrected chi connectivity index (χ0v) is 18.4. The lowest BCUT2D eigenvalue weighted by Gasteiger charge is -2.45. The van der Waals surface area contributed by atoms with Gasteiger partial charge in [-0.05, 0) is 60.8 Å². The molecule has 1 aromatic carbocycles. The molecule has 1 saturated carbocycles. The summed E-state index contributed by atoms with van der Waals surface area (Å²) in [5, 5.41) is 0.718. The molecule has 1 saturated heterocycles. The first-order chi connectivity index (χ1) is 15.8. The molecule has 1 spiro atoms. The van der Waals surface area contributed by atoms with Gasteiger partial charge in [-0.25, -0.2) is 14.8 Å². The average molecular weight is 475 g/mol. The van der Waals surface area contributed by atoms with Crippen LogP contribution in [0.3, 0.4) is 0 Å². The van der Waals surface area contributed by atoms with E-state index in [2.05, 4.69) is 19.9 Å². The van der Waals surface area contributed by atoms with Crippen LogP contribution in [0.15, 0.2) is 39.8 Å². The largest absolute Gasteiger partial charge is 0.417 e. The number of oxazole rings is 1. The highest BCUT2D eigenvalue weighted by molar-refractivity contribution is 7.18. The van der Waals surface area contributed by atoms with Gasteiger partial charge in [0.2, 0.25) is 0 Å². The van der Waals surface area contributed by atoms with E-state index in [1.807, 2.05) is 18.2 Å². The van der Waals surface area contributed by atoms with Gasteiger partial charge in [0.15, 0.2) is 5.58 Å². The van der Waals surface area contributed by atoms with Gasteiger partial charge in [-0.1, -0.05) is 6.07 Å². The summed E-state index contributed by atoms with van der Waals surface area (Å²) in [6.07, 6.45) is 0.498. The predicted molar refractivity (Wildman–Crippen MR) is 120 cm³/mol. The molecule has 4 heterocycles. The third-order valence-corrected chi connectivity index (χ3v) is 7.97. The number of nitrogens with one attached hydrogen (secondary N) is 1. The van der Waals surface area contributed by atoms with Gasteiger partial charge in [-0.2, -0.15) is 13.2 Å². The molecule has 2 fully saturated rings. The smallest absolute Gasteiger partial charge is 0.408 e. The first-order valence-electron chi connectivity index (χ1n) is 10.9.